The minimum atomic E-state index is 0.424. The summed E-state index contributed by atoms with van der Waals surface area (Å²) in [6.45, 7) is 6.47. The largest absolute Gasteiger partial charge is 0.396 e. The molecule has 0 radical (unpaired) electrons. The van der Waals surface area contributed by atoms with Crippen LogP contribution >= 0.6 is 0 Å². The van der Waals surface area contributed by atoms with Crippen LogP contribution < -0.4 is 0 Å². The van der Waals surface area contributed by atoms with E-state index in [0.29, 0.717) is 17.9 Å². The Morgan fingerprint density at radius 2 is 2.08 bits per heavy atom. The molecule has 2 nitrogen and oxygen atoms in total. The highest BCUT2D eigenvalue weighted by molar-refractivity contribution is 5.04. The number of piperidine rings is 1. The Hall–Kier alpha value is -0.0800. The molecule has 0 amide bonds. The summed E-state index contributed by atoms with van der Waals surface area (Å²) in [7, 11) is 0. The molecule has 13 heavy (non-hydrogen) atoms. The third kappa shape index (κ3) is 1.75. The van der Waals surface area contributed by atoms with Gasteiger partial charge in [0, 0.05) is 6.61 Å². The van der Waals surface area contributed by atoms with Gasteiger partial charge in [-0.15, -0.1) is 0 Å². The molecular weight excluding hydrogens is 162 g/mol. The Morgan fingerprint density at radius 1 is 1.38 bits per heavy atom. The molecule has 0 aromatic heterocycles. The molecule has 2 aliphatic rings. The van der Waals surface area contributed by atoms with E-state index in [1.54, 1.807) is 0 Å². The van der Waals surface area contributed by atoms with Gasteiger partial charge in [-0.3, -0.25) is 0 Å². The Bertz CT molecular complexity index is 173. The molecule has 0 bridgehead atoms. The van der Waals surface area contributed by atoms with Gasteiger partial charge in [0.1, 0.15) is 0 Å². The van der Waals surface area contributed by atoms with E-state index in [-0.39, 0.29) is 0 Å². The van der Waals surface area contributed by atoms with Gasteiger partial charge in [-0.1, -0.05) is 6.92 Å². The summed E-state index contributed by atoms with van der Waals surface area (Å²) >= 11 is 0. The predicted molar refractivity (Wildman–Crippen MR) is 53.6 cm³/mol. The third-order valence-corrected chi connectivity index (χ3v) is 3.97. The highest BCUT2D eigenvalue weighted by Crippen LogP contribution is 2.58. The lowest BCUT2D eigenvalue weighted by atomic mass is 9.91. The lowest BCUT2D eigenvalue weighted by molar-refractivity contribution is 0.148. The van der Waals surface area contributed by atoms with Crippen LogP contribution in [0, 0.1) is 11.3 Å². The number of rotatable bonds is 3. The smallest absolute Gasteiger partial charge is 0.0464 e. The zero-order valence-electron chi connectivity index (χ0n) is 8.63. The fourth-order valence-corrected chi connectivity index (χ4v) is 2.84. The summed E-state index contributed by atoms with van der Waals surface area (Å²) in [5, 5.41) is 9.08. The molecule has 2 rings (SSSR count). The molecule has 0 aromatic rings. The monoisotopic (exact) mass is 183 g/mol. The van der Waals surface area contributed by atoms with Crippen LogP contribution in [-0.4, -0.2) is 36.2 Å². The van der Waals surface area contributed by atoms with Crippen molar-refractivity contribution in [2.45, 2.75) is 32.6 Å². The van der Waals surface area contributed by atoms with Gasteiger partial charge < -0.3 is 10.0 Å². The number of nitrogens with zero attached hydrogens (tertiary/aromatic N) is 1. The summed E-state index contributed by atoms with van der Waals surface area (Å²) < 4.78 is 0. The lowest BCUT2D eigenvalue weighted by Gasteiger charge is -2.32. The van der Waals surface area contributed by atoms with Crippen molar-refractivity contribution >= 4 is 0 Å². The standard InChI is InChI=1S/C11H21NO/c1-2-5-12-6-3-11(4-7-12)8-10(11)9-13/h10,13H,2-9H2,1H3. The summed E-state index contributed by atoms with van der Waals surface area (Å²) in [4.78, 5) is 2.57. The topological polar surface area (TPSA) is 23.5 Å². The van der Waals surface area contributed by atoms with Crippen LogP contribution in [0.2, 0.25) is 0 Å². The predicted octanol–water partition coefficient (Wildman–Crippen LogP) is 1.49. The van der Waals surface area contributed by atoms with E-state index < -0.39 is 0 Å². The molecule has 76 valence electrons. The average Bonchev–Trinajstić information content (AvgIpc) is 2.84. The van der Waals surface area contributed by atoms with Crippen LogP contribution in [0.1, 0.15) is 32.6 Å². The molecule has 2 heteroatoms. The molecular formula is C11H21NO. The first-order valence-electron chi connectivity index (χ1n) is 5.64. The first kappa shape index (κ1) is 9.47. The van der Waals surface area contributed by atoms with Crippen molar-refractivity contribution in [3.05, 3.63) is 0 Å². The minimum absolute atomic E-state index is 0.424. The van der Waals surface area contributed by atoms with Gasteiger partial charge in [0.25, 0.3) is 0 Å². The van der Waals surface area contributed by atoms with Gasteiger partial charge in [-0.2, -0.15) is 0 Å². The fraction of sp³-hybridized carbons (Fsp3) is 1.00. The van der Waals surface area contributed by atoms with E-state index >= 15 is 0 Å². The molecule has 1 unspecified atom stereocenters. The zero-order valence-corrected chi connectivity index (χ0v) is 8.63. The SMILES string of the molecule is CCCN1CCC2(CC1)CC2CO. The third-order valence-electron chi connectivity index (χ3n) is 3.97. The number of hydrogen-bond acceptors (Lipinski definition) is 2. The second kappa shape index (κ2) is 3.58. The van der Waals surface area contributed by atoms with Gasteiger partial charge in [0.05, 0.1) is 0 Å². The van der Waals surface area contributed by atoms with E-state index in [0.717, 1.165) is 0 Å². The quantitative estimate of drug-likeness (QED) is 0.716. The van der Waals surface area contributed by atoms with Crippen LogP contribution in [-0.2, 0) is 0 Å². The molecule has 1 saturated carbocycles. The molecule has 1 N–H and O–H groups in total. The maximum Gasteiger partial charge on any atom is 0.0464 e. The number of aliphatic hydroxyl groups is 1. The van der Waals surface area contributed by atoms with Gasteiger partial charge in [-0.25, -0.2) is 0 Å². The minimum Gasteiger partial charge on any atom is -0.396 e. The summed E-state index contributed by atoms with van der Waals surface area (Å²) in [6.07, 6.45) is 5.23. The molecule has 0 aromatic carbocycles. The van der Waals surface area contributed by atoms with Crippen molar-refractivity contribution in [2.75, 3.05) is 26.2 Å². The van der Waals surface area contributed by atoms with Crippen molar-refractivity contribution in [1.82, 2.24) is 4.90 Å². The molecule has 2 fully saturated rings. The second-order valence-corrected chi connectivity index (χ2v) is 4.79. The summed E-state index contributed by atoms with van der Waals surface area (Å²) in [6, 6.07) is 0. The molecule has 1 saturated heterocycles. The zero-order chi connectivity index (χ0) is 9.31. The normalized spacial score (nSPS) is 32.3. The van der Waals surface area contributed by atoms with Crippen molar-refractivity contribution in [3.63, 3.8) is 0 Å². The number of hydrogen-bond donors (Lipinski definition) is 1. The van der Waals surface area contributed by atoms with E-state index in [2.05, 4.69) is 11.8 Å². The maximum atomic E-state index is 9.08. The summed E-state index contributed by atoms with van der Waals surface area (Å²) in [5.74, 6) is 0.649. The van der Waals surface area contributed by atoms with Crippen LogP contribution in [0.5, 0.6) is 0 Å². The van der Waals surface area contributed by atoms with Crippen LogP contribution in [0.4, 0.5) is 0 Å². The first-order chi connectivity index (χ1) is 6.30. The first-order valence-corrected chi connectivity index (χ1v) is 5.64. The van der Waals surface area contributed by atoms with Gasteiger partial charge in [0.2, 0.25) is 0 Å². The van der Waals surface area contributed by atoms with E-state index in [9.17, 15) is 0 Å². The van der Waals surface area contributed by atoms with E-state index in [1.165, 1.54) is 45.3 Å². The molecule has 1 atom stereocenters. The van der Waals surface area contributed by atoms with E-state index in [1.807, 2.05) is 0 Å². The average molecular weight is 183 g/mol. The molecule has 1 spiro atoms. The Kier molecular flexibility index (Phi) is 2.61. The Morgan fingerprint density at radius 3 is 2.54 bits per heavy atom. The molecule has 1 aliphatic carbocycles. The van der Waals surface area contributed by atoms with Crippen LogP contribution in [0.15, 0.2) is 0 Å². The lowest BCUT2D eigenvalue weighted by Crippen LogP contribution is -2.35. The highest BCUT2D eigenvalue weighted by atomic mass is 16.3. The highest BCUT2D eigenvalue weighted by Gasteiger charge is 2.53. The van der Waals surface area contributed by atoms with Gasteiger partial charge in [-0.05, 0) is 56.7 Å². The van der Waals surface area contributed by atoms with E-state index in [4.69, 9.17) is 5.11 Å². The van der Waals surface area contributed by atoms with Crippen molar-refractivity contribution in [1.29, 1.82) is 0 Å². The molecule has 1 heterocycles. The number of likely N-dealkylation sites (tertiary alicyclic amines) is 1. The van der Waals surface area contributed by atoms with Crippen molar-refractivity contribution < 1.29 is 5.11 Å². The van der Waals surface area contributed by atoms with Gasteiger partial charge in [0.15, 0.2) is 0 Å². The fourth-order valence-electron chi connectivity index (χ4n) is 2.84. The number of aliphatic hydroxyl groups excluding tert-OH is 1. The van der Waals surface area contributed by atoms with Crippen molar-refractivity contribution in [2.24, 2.45) is 11.3 Å². The second-order valence-electron chi connectivity index (χ2n) is 4.79. The van der Waals surface area contributed by atoms with Crippen LogP contribution in [0.3, 0.4) is 0 Å². The van der Waals surface area contributed by atoms with Crippen molar-refractivity contribution in [3.8, 4) is 0 Å². The van der Waals surface area contributed by atoms with Crippen LogP contribution in [0.25, 0.3) is 0 Å². The Balaban J connectivity index is 1.77. The summed E-state index contributed by atoms with van der Waals surface area (Å²) in [5.41, 5.74) is 0.582. The maximum absolute atomic E-state index is 9.08. The Labute approximate surface area is 80.9 Å². The molecule has 1 aliphatic heterocycles. The van der Waals surface area contributed by atoms with Gasteiger partial charge >= 0.3 is 0 Å².